The Labute approximate surface area is 65.0 Å². The van der Waals surface area contributed by atoms with Gasteiger partial charge in [-0.25, -0.2) is 9.78 Å². The molecule has 11 heavy (non-hydrogen) atoms. The van der Waals surface area contributed by atoms with E-state index < -0.39 is 6.03 Å². The van der Waals surface area contributed by atoms with E-state index in [1.165, 1.54) is 10.9 Å². The van der Waals surface area contributed by atoms with Crippen molar-refractivity contribution in [2.45, 2.75) is 12.8 Å². The van der Waals surface area contributed by atoms with E-state index >= 15 is 0 Å². The second kappa shape index (κ2) is 3.18. The Morgan fingerprint density at radius 2 is 2.55 bits per heavy atom. The van der Waals surface area contributed by atoms with Crippen LogP contribution in [0.4, 0.5) is 4.79 Å². The van der Waals surface area contributed by atoms with Gasteiger partial charge in [0.2, 0.25) is 0 Å². The molecule has 59 valence electrons. The van der Waals surface area contributed by atoms with Gasteiger partial charge in [-0.05, 0) is 12.8 Å². The maximum atomic E-state index is 10.7. The molecule has 1 aromatic heterocycles. The van der Waals surface area contributed by atoms with Crippen molar-refractivity contribution >= 4 is 6.03 Å². The van der Waals surface area contributed by atoms with E-state index in [9.17, 15) is 4.79 Å². The number of amides is 1. The van der Waals surface area contributed by atoms with Crippen LogP contribution in [0.5, 0.6) is 0 Å². The Morgan fingerprint density at radius 3 is 3.09 bits per heavy atom. The van der Waals surface area contributed by atoms with Gasteiger partial charge in [-0.15, -0.1) is 0 Å². The molecule has 0 aliphatic heterocycles. The maximum absolute atomic E-state index is 10.7. The van der Waals surface area contributed by atoms with Crippen LogP contribution >= 0.6 is 0 Å². The fourth-order valence-corrected chi connectivity index (χ4v) is 0.887. The lowest BCUT2D eigenvalue weighted by molar-refractivity contribution is 0.249. The molecule has 0 aliphatic rings. The predicted octanol–water partition coefficient (Wildman–Crippen LogP) is 0.577. The smallest absolute Gasteiger partial charge is 0.324 e. The van der Waals surface area contributed by atoms with E-state index in [0.29, 0.717) is 0 Å². The zero-order chi connectivity index (χ0) is 8.27. The quantitative estimate of drug-likeness (QED) is 0.673. The van der Waals surface area contributed by atoms with Gasteiger partial charge in [0.25, 0.3) is 0 Å². The molecular formula is C7H10N3O. The van der Waals surface area contributed by atoms with Crippen LogP contribution < -0.4 is 5.73 Å². The largest absolute Gasteiger partial charge is 0.351 e. The molecule has 0 aromatic carbocycles. The minimum absolute atomic E-state index is 0.494. The fraction of sp³-hybridized carbons (Fsp3) is 0.286. The highest BCUT2D eigenvalue weighted by Gasteiger charge is 2.03. The molecule has 0 saturated heterocycles. The lowest BCUT2D eigenvalue weighted by Crippen LogP contribution is -2.20. The summed E-state index contributed by atoms with van der Waals surface area (Å²) in [6.07, 6.45) is 4.49. The van der Waals surface area contributed by atoms with Gasteiger partial charge in [-0.3, -0.25) is 4.57 Å². The van der Waals surface area contributed by atoms with Crippen molar-refractivity contribution in [3.8, 4) is 0 Å². The first-order chi connectivity index (χ1) is 5.25. The molecule has 0 spiro atoms. The van der Waals surface area contributed by atoms with E-state index in [-0.39, 0.29) is 0 Å². The number of primary amides is 1. The average molecular weight is 152 g/mol. The molecule has 0 unspecified atom stereocenters. The summed E-state index contributed by atoms with van der Waals surface area (Å²) in [5, 5.41) is 0. The number of hydrogen-bond acceptors (Lipinski definition) is 2. The minimum Gasteiger partial charge on any atom is -0.351 e. The third-order valence-corrected chi connectivity index (χ3v) is 1.39. The summed E-state index contributed by atoms with van der Waals surface area (Å²) in [5.41, 5.74) is 5.87. The fourth-order valence-electron chi connectivity index (χ4n) is 0.887. The zero-order valence-corrected chi connectivity index (χ0v) is 6.16. The highest BCUT2D eigenvalue weighted by molar-refractivity contribution is 5.75. The second-order valence-corrected chi connectivity index (χ2v) is 2.20. The lowest BCUT2D eigenvalue weighted by Gasteiger charge is -1.99. The Kier molecular flexibility index (Phi) is 2.25. The number of hydrogen-bond donors (Lipinski definition) is 1. The van der Waals surface area contributed by atoms with Gasteiger partial charge in [0.1, 0.15) is 6.33 Å². The number of imidazole rings is 1. The van der Waals surface area contributed by atoms with Crippen molar-refractivity contribution in [2.24, 2.45) is 5.73 Å². The zero-order valence-electron chi connectivity index (χ0n) is 6.16. The van der Waals surface area contributed by atoms with Gasteiger partial charge >= 0.3 is 6.03 Å². The van der Waals surface area contributed by atoms with Crippen molar-refractivity contribution in [3.05, 3.63) is 25.1 Å². The van der Waals surface area contributed by atoms with Crippen molar-refractivity contribution in [2.75, 3.05) is 0 Å². The number of carbonyl (C=O) groups excluding carboxylic acids is 1. The Bertz CT molecular complexity index is 254. The van der Waals surface area contributed by atoms with Gasteiger partial charge in [-0.2, -0.15) is 0 Å². The molecule has 1 heterocycles. The summed E-state index contributed by atoms with van der Waals surface area (Å²) in [4.78, 5) is 14.5. The molecule has 2 N–H and O–H groups in total. The molecule has 1 amide bonds. The van der Waals surface area contributed by atoms with Gasteiger partial charge < -0.3 is 5.73 Å². The maximum Gasteiger partial charge on any atom is 0.324 e. The predicted molar refractivity (Wildman–Crippen MR) is 40.9 cm³/mol. The average Bonchev–Trinajstić information content (AvgIpc) is 2.36. The first-order valence-electron chi connectivity index (χ1n) is 3.36. The first-order valence-corrected chi connectivity index (χ1v) is 3.36. The van der Waals surface area contributed by atoms with Crippen molar-refractivity contribution < 1.29 is 4.79 Å². The Balaban J connectivity index is 2.87. The van der Waals surface area contributed by atoms with Gasteiger partial charge in [0.05, 0.1) is 0 Å². The molecule has 0 saturated carbocycles. The van der Waals surface area contributed by atoms with Crippen LogP contribution in [0.25, 0.3) is 0 Å². The number of nitrogens with two attached hydrogens (primary N) is 1. The number of carbonyl (C=O) groups is 1. The summed E-state index contributed by atoms with van der Waals surface area (Å²) < 4.78 is 1.32. The standard InChI is InChI=1S/C7H10N3O/c1-2-3-6-4-9-5-10(6)7(8)11/h4-5H,1-3H2,(H2,8,11). The highest BCUT2D eigenvalue weighted by atomic mass is 16.2. The molecule has 1 aromatic rings. The van der Waals surface area contributed by atoms with Crippen LogP contribution in [0.2, 0.25) is 0 Å². The monoisotopic (exact) mass is 152 g/mol. The summed E-state index contributed by atoms with van der Waals surface area (Å²) in [5.74, 6) is 0. The molecule has 4 heteroatoms. The molecule has 0 fully saturated rings. The van der Waals surface area contributed by atoms with E-state index in [1.54, 1.807) is 6.20 Å². The van der Waals surface area contributed by atoms with Crippen LogP contribution in [0.3, 0.4) is 0 Å². The van der Waals surface area contributed by atoms with E-state index in [1.807, 2.05) is 0 Å². The summed E-state index contributed by atoms with van der Waals surface area (Å²) in [6.45, 7) is 3.67. The van der Waals surface area contributed by atoms with E-state index in [0.717, 1.165) is 18.5 Å². The molecule has 1 rings (SSSR count). The summed E-state index contributed by atoms with van der Waals surface area (Å²) in [6, 6.07) is -0.494. The van der Waals surface area contributed by atoms with Crippen LogP contribution in [-0.2, 0) is 6.42 Å². The van der Waals surface area contributed by atoms with Crippen LogP contribution in [0.1, 0.15) is 12.1 Å². The third-order valence-electron chi connectivity index (χ3n) is 1.39. The van der Waals surface area contributed by atoms with Gasteiger partial charge in [0, 0.05) is 11.9 Å². The second-order valence-electron chi connectivity index (χ2n) is 2.20. The number of aryl methyl sites for hydroxylation is 1. The van der Waals surface area contributed by atoms with Crippen molar-refractivity contribution in [3.63, 3.8) is 0 Å². The topological polar surface area (TPSA) is 60.9 Å². The SMILES string of the molecule is [CH2]CCc1cncn1C(N)=O. The Hall–Kier alpha value is -1.32. The molecule has 1 radical (unpaired) electrons. The third kappa shape index (κ3) is 1.58. The normalized spacial score (nSPS) is 9.91. The number of rotatable bonds is 2. The molecular weight excluding hydrogens is 142 g/mol. The van der Waals surface area contributed by atoms with Gasteiger partial charge in [-0.1, -0.05) is 6.92 Å². The first kappa shape index (κ1) is 7.78. The number of aromatic nitrogens is 2. The highest BCUT2D eigenvalue weighted by Crippen LogP contribution is 2.00. The number of nitrogens with zero attached hydrogens (tertiary/aromatic N) is 2. The molecule has 0 aliphatic carbocycles. The van der Waals surface area contributed by atoms with Crippen molar-refractivity contribution in [1.82, 2.24) is 9.55 Å². The van der Waals surface area contributed by atoms with Crippen LogP contribution in [0.15, 0.2) is 12.5 Å². The summed E-state index contributed by atoms with van der Waals surface area (Å²) in [7, 11) is 0. The van der Waals surface area contributed by atoms with E-state index in [2.05, 4.69) is 11.9 Å². The molecule has 0 bridgehead atoms. The minimum atomic E-state index is -0.494. The summed E-state index contributed by atoms with van der Waals surface area (Å²) >= 11 is 0. The molecule has 4 nitrogen and oxygen atoms in total. The van der Waals surface area contributed by atoms with Gasteiger partial charge in [0.15, 0.2) is 0 Å². The van der Waals surface area contributed by atoms with E-state index in [4.69, 9.17) is 5.73 Å². The lowest BCUT2D eigenvalue weighted by atomic mass is 10.3. The Morgan fingerprint density at radius 1 is 1.82 bits per heavy atom. The van der Waals surface area contributed by atoms with Crippen LogP contribution in [0, 0.1) is 6.92 Å². The molecule has 0 atom stereocenters. The van der Waals surface area contributed by atoms with Crippen LogP contribution in [-0.4, -0.2) is 15.6 Å². The van der Waals surface area contributed by atoms with Crippen molar-refractivity contribution in [1.29, 1.82) is 0 Å².